The van der Waals surface area contributed by atoms with E-state index in [1.807, 2.05) is 5.32 Å². The fourth-order valence-corrected chi connectivity index (χ4v) is 0.882. The first-order valence-corrected chi connectivity index (χ1v) is 2.94. The predicted octanol–water partition coefficient (Wildman–Crippen LogP) is 1.11. The highest BCUT2D eigenvalue weighted by Gasteiger charge is 2.45. The van der Waals surface area contributed by atoms with Gasteiger partial charge in [0.25, 0.3) is 0 Å². The minimum Gasteiger partial charge on any atom is -0.362 e. The Balaban J connectivity index is 2.60. The summed E-state index contributed by atoms with van der Waals surface area (Å²) in [5, 5.41) is 2.00. The molecule has 10 heavy (non-hydrogen) atoms. The second-order valence-electron chi connectivity index (χ2n) is 1.84. The average molecular weight is 173 g/mol. The Labute approximate surface area is 60.1 Å². The summed E-state index contributed by atoms with van der Waals surface area (Å²) in [4.78, 5) is 3.29. The van der Waals surface area contributed by atoms with E-state index in [2.05, 4.69) is 4.99 Å². The van der Waals surface area contributed by atoms with Crippen LogP contribution < -0.4 is 5.32 Å². The minimum absolute atomic E-state index is 0.968. The molecule has 1 aliphatic rings. The third kappa shape index (κ3) is 1.34. The first-order chi connectivity index (χ1) is 4.52. The zero-order chi connectivity index (χ0) is 7.78. The van der Waals surface area contributed by atoms with Gasteiger partial charge < -0.3 is 5.32 Å². The summed E-state index contributed by atoms with van der Waals surface area (Å²) in [5.41, 5.74) is -1.22. The van der Waals surface area contributed by atoms with E-state index < -0.39 is 17.7 Å². The van der Waals surface area contributed by atoms with E-state index in [9.17, 15) is 13.2 Å². The third-order valence-corrected chi connectivity index (χ3v) is 1.46. The van der Waals surface area contributed by atoms with Gasteiger partial charge in [0.2, 0.25) is 0 Å². The topological polar surface area (TPSA) is 24.4 Å². The fraction of sp³-hybridized carbons (Fsp3) is 0.750. The largest absolute Gasteiger partial charge is 0.411 e. The number of hydrogen-bond acceptors (Lipinski definition) is 2. The molecule has 0 saturated heterocycles. The number of aliphatic imine (C=N–C) groups is 1. The molecule has 1 aliphatic heterocycles. The van der Waals surface area contributed by atoms with Gasteiger partial charge in [-0.1, -0.05) is 11.6 Å². The molecule has 0 aromatic heterocycles. The van der Waals surface area contributed by atoms with Gasteiger partial charge in [-0.2, -0.15) is 13.2 Å². The molecule has 1 rings (SSSR count). The molecule has 0 aliphatic carbocycles. The van der Waals surface area contributed by atoms with Crippen molar-refractivity contribution in [3.05, 3.63) is 0 Å². The summed E-state index contributed by atoms with van der Waals surface area (Å²) >= 11 is 5.18. The maximum Gasteiger partial charge on any atom is 0.411 e. The Hall–Kier alpha value is -0.450. The number of nitrogens with zero attached hydrogens (tertiary/aromatic N) is 1. The molecule has 2 atom stereocenters. The van der Waals surface area contributed by atoms with Crippen LogP contribution in [0.4, 0.5) is 13.2 Å². The monoisotopic (exact) mass is 172 g/mol. The van der Waals surface area contributed by atoms with Crippen LogP contribution >= 0.6 is 11.6 Å². The van der Waals surface area contributed by atoms with Gasteiger partial charge in [0, 0.05) is 0 Å². The summed E-state index contributed by atoms with van der Waals surface area (Å²) < 4.78 is 35.4. The molecule has 0 fully saturated rings. The lowest BCUT2D eigenvalue weighted by atomic mass is 10.3. The Bertz CT molecular complexity index is 155. The maximum absolute atomic E-state index is 11.8. The van der Waals surface area contributed by atoms with E-state index in [1.54, 1.807) is 0 Å². The number of halogens is 4. The summed E-state index contributed by atoms with van der Waals surface area (Å²) in [6, 6.07) is -1.73. The smallest absolute Gasteiger partial charge is 0.362 e. The molecule has 2 nitrogen and oxygen atoms in total. The average Bonchev–Trinajstić information content (AvgIpc) is 2.11. The van der Waals surface area contributed by atoms with E-state index >= 15 is 0 Å². The number of hydrogen-bond donors (Lipinski definition) is 1. The fourth-order valence-electron chi connectivity index (χ4n) is 0.610. The predicted molar refractivity (Wildman–Crippen MR) is 31.1 cm³/mol. The van der Waals surface area contributed by atoms with Crippen molar-refractivity contribution < 1.29 is 13.2 Å². The van der Waals surface area contributed by atoms with Crippen molar-refractivity contribution in [1.82, 2.24) is 5.32 Å². The Morgan fingerprint density at radius 2 is 2.10 bits per heavy atom. The van der Waals surface area contributed by atoms with E-state index in [4.69, 9.17) is 11.6 Å². The molecule has 0 aromatic rings. The van der Waals surface area contributed by atoms with Gasteiger partial charge in [-0.15, -0.1) is 0 Å². The van der Waals surface area contributed by atoms with Crippen LogP contribution in [0.5, 0.6) is 0 Å². The van der Waals surface area contributed by atoms with Crippen molar-refractivity contribution in [2.75, 3.05) is 0 Å². The Morgan fingerprint density at radius 3 is 2.30 bits per heavy atom. The molecular weight excluding hydrogens is 169 g/mol. The maximum atomic E-state index is 11.8. The molecule has 0 radical (unpaired) electrons. The van der Waals surface area contributed by atoms with Gasteiger partial charge in [0.15, 0.2) is 11.5 Å². The summed E-state index contributed by atoms with van der Waals surface area (Å²) in [6.07, 6.45) is -3.35. The second-order valence-corrected chi connectivity index (χ2v) is 2.28. The number of nitrogens with one attached hydrogen (secondary N) is 1. The van der Waals surface area contributed by atoms with E-state index in [0.29, 0.717) is 0 Å². The van der Waals surface area contributed by atoms with E-state index in [0.717, 1.165) is 6.34 Å². The molecule has 0 aromatic carbocycles. The van der Waals surface area contributed by atoms with Crippen molar-refractivity contribution in [3.8, 4) is 0 Å². The molecular formula is C4H4ClF3N2. The molecule has 2 unspecified atom stereocenters. The minimum atomic E-state index is -4.32. The first kappa shape index (κ1) is 7.65. The normalized spacial score (nSPS) is 32.4. The second kappa shape index (κ2) is 2.30. The van der Waals surface area contributed by atoms with E-state index in [1.165, 1.54) is 0 Å². The van der Waals surface area contributed by atoms with Crippen molar-refractivity contribution >= 4 is 17.9 Å². The van der Waals surface area contributed by atoms with Crippen molar-refractivity contribution in [1.29, 1.82) is 0 Å². The lowest BCUT2D eigenvalue weighted by Gasteiger charge is -2.16. The molecule has 1 heterocycles. The Morgan fingerprint density at radius 1 is 1.50 bits per heavy atom. The van der Waals surface area contributed by atoms with Crippen LogP contribution in [0.2, 0.25) is 0 Å². The molecule has 0 bridgehead atoms. The molecule has 0 spiro atoms. The zero-order valence-electron chi connectivity index (χ0n) is 4.69. The molecule has 6 heteroatoms. The van der Waals surface area contributed by atoms with Crippen LogP contribution in [-0.4, -0.2) is 24.1 Å². The summed E-state index contributed by atoms with van der Waals surface area (Å²) in [7, 11) is 0. The summed E-state index contributed by atoms with van der Waals surface area (Å²) in [5.74, 6) is 0. The molecule has 58 valence electrons. The molecule has 0 saturated carbocycles. The number of alkyl halides is 4. The van der Waals surface area contributed by atoms with E-state index in [-0.39, 0.29) is 0 Å². The lowest BCUT2D eigenvalue weighted by molar-refractivity contribution is -0.150. The van der Waals surface area contributed by atoms with Crippen LogP contribution in [0.25, 0.3) is 0 Å². The van der Waals surface area contributed by atoms with Gasteiger partial charge in [-0.05, 0) is 0 Å². The van der Waals surface area contributed by atoms with Crippen LogP contribution in [0.3, 0.4) is 0 Å². The van der Waals surface area contributed by atoms with Crippen molar-refractivity contribution in [2.45, 2.75) is 17.7 Å². The highest BCUT2D eigenvalue weighted by Crippen LogP contribution is 2.27. The van der Waals surface area contributed by atoms with Crippen molar-refractivity contribution in [2.24, 2.45) is 4.99 Å². The quantitative estimate of drug-likeness (QED) is 0.430. The lowest BCUT2D eigenvalue weighted by Crippen LogP contribution is -2.43. The SMILES string of the molecule is FC(F)(F)C1NC=NC1Cl. The van der Waals surface area contributed by atoms with Gasteiger partial charge in [0.05, 0.1) is 6.34 Å². The van der Waals surface area contributed by atoms with Gasteiger partial charge in [0.1, 0.15) is 0 Å². The van der Waals surface area contributed by atoms with Gasteiger partial charge in [-0.3, -0.25) is 4.99 Å². The highest BCUT2D eigenvalue weighted by molar-refractivity contribution is 6.21. The summed E-state index contributed by atoms with van der Waals surface area (Å²) in [6.45, 7) is 0. The first-order valence-electron chi connectivity index (χ1n) is 2.50. The van der Waals surface area contributed by atoms with Crippen LogP contribution in [0.15, 0.2) is 4.99 Å². The number of rotatable bonds is 0. The van der Waals surface area contributed by atoms with Gasteiger partial charge >= 0.3 is 6.18 Å². The highest BCUT2D eigenvalue weighted by atomic mass is 35.5. The van der Waals surface area contributed by atoms with Crippen molar-refractivity contribution in [3.63, 3.8) is 0 Å². The van der Waals surface area contributed by atoms with Crippen LogP contribution in [0, 0.1) is 0 Å². The van der Waals surface area contributed by atoms with Gasteiger partial charge in [-0.25, -0.2) is 0 Å². The van der Waals surface area contributed by atoms with Crippen LogP contribution in [-0.2, 0) is 0 Å². The zero-order valence-corrected chi connectivity index (χ0v) is 5.45. The molecule has 0 amide bonds. The third-order valence-electron chi connectivity index (χ3n) is 1.10. The molecule has 1 N–H and O–H groups in total. The standard InChI is InChI=1S/C4H4ClF3N2/c5-3-2(4(6,7)8)9-1-10-3/h1-3H,(H,9,10). The Kier molecular flexibility index (Phi) is 1.76. The van der Waals surface area contributed by atoms with Crippen LogP contribution in [0.1, 0.15) is 0 Å².